The Morgan fingerprint density at radius 2 is 2.10 bits per heavy atom. The SMILES string of the molecule is CC(C)(C)OC(=O)N1CC[C@H](c2cc(Cl)nc(Cl)n2)C1. The minimum atomic E-state index is -0.489. The topological polar surface area (TPSA) is 55.3 Å². The summed E-state index contributed by atoms with van der Waals surface area (Å²) < 4.78 is 5.36. The molecule has 0 aliphatic carbocycles. The van der Waals surface area contributed by atoms with Crippen molar-refractivity contribution in [2.75, 3.05) is 13.1 Å². The summed E-state index contributed by atoms with van der Waals surface area (Å²) in [5.74, 6) is 0.112. The minimum Gasteiger partial charge on any atom is -0.444 e. The predicted molar refractivity (Wildman–Crippen MR) is 77.2 cm³/mol. The average Bonchev–Trinajstić information content (AvgIpc) is 2.74. The van der Waals surface area contributed by atoms with Gasteiger partial charge in [0.05, 0.1) is 5.69 Å². The standard InChI is InChI=1S/C13H17Cl2N3O2/c1-13(2,3)20-12(19)18-5-4-8(7-18)9-6-10(14)17-11(15)16-9/h6,8H,4-5,7H2,1-3H3/t8-/m0/s1. The first-order valence-electron chi connectivity index (χ1n) is 6.42. The van der Waals surface area contributed by atoms with Crippen LogP contribution >= 0.6 is 23.2 Å². The molecule has 7 heteroatoms. The number of carbonyl (C=O) groups excluding carboxylic acids is 1. The van der Waals surface area contributed by atoms with Crippen LogP contribution in [0.15, 0.2) is 6.07 Å². The molecule has 0 saturated carbocycles. The Morgan fingerprint density at radius 1 is 1.40 bits per heavy atom. The number of carbonyl (C=O) groups is 1. The third-order valence-electron chi connectivity index (χ3n) is 2.95. The van der Waals surface area contributed by atoms with E-state index in [1.165, 1.54) is 0 Å². The van der Waals surface area contributed by atoms with E-state index in [9.17, 15) is 4.79 Å². The van der Waals surface area contributed by atoms with Crippen molar-refractivity contribution in [1.29, 1.82) is 0 Å². The normalized spacial score (nSPS) is 19.2. The maximum atomic E-state index is 12.0. The van der Waals surface area contributed by atoms with Crippen molar-refractivity contribution in [3.63, 3.8) is 0 Å². The van der Waals surface area contributed by atoms with Gasteiger partial charge in [0, 0.05) is 19.0 Å². The van der Waals surface area contributed by atoms with Gasteiger partial charge in [-0.3, -0.25) is 0 Å². The molecule has 1 aromatic heterocycles. The molecule has 1 aromatic rings. The van der Waals surface area contributed by atoms with Gasteiger partial charge in [0.25, 0.3) is 0 Å². The van der Waals surface area contributed by atoms with E-state index in [-0.39, 0.29) is 17.3 Å². The first-order valence-corrected chi connectivity index (χ1v) is 7.18. The second kappa shape index (κ2) is 5.74. The van der Waals surface area contributed by atoms with Gasteiger partial charge in [-0.2, -0.15) is 0 Å². The molecule has 0 N–H and O–H groups in total. The number of amides is 1. The third kappa shape index (κ3) is 3.96. The monoisotopic (exact) mass is 317 g/mol. The summed E-state index contributed by atoms with van der Waals surface area (Å²) in [6.07, 6.45) is 0.509. The van der Waals surface area contributed by atoms with Crippen molar-refractivity contribution in [2.24, 2.45) is 0 Å². The molecule has 1 aliphatic heterocycles. The zero-order chi connectivity index (χ0) is 14.9. The summed E-state index contributed by atoms with van der Waals surface area (Å²) in [7, 11) is 0. The number of likely N-dealkylation sites (tertiary alicyclic amines) is 1. The molecule has 1 atom stereocenters. The van der Waals surface area contributed by atoms with Crippen LogP contribution in [0.3, 0.4) is 0 Å². The highest BCUT2D eigenvalue weighted by Gasteiger charge is 2.31. The van der Waals surface area contributed by atoms with E-state index in [1.807, 2.05) is 20.8 Å². The Bertz CT molecular complexity index is 497. The van der Waals surface area contributed by atoms with Crippen LogP contribution < -0.4 is 0 Å². The van der Waals surface area contributed by atoms with Crippen LogP contribution in [0.2, 0.25) is 10.4 Å². The van der Waals surface area contributed by atoms with Crippen molar-refractivity contribution in [3.8, 4) is 0 Å². The van der Waals surface area contributed by atoms with E-state index in [2.05, 4.69) is 9.97 Å². The molecule has 1 fully saturated rings. The molecule has 0 bridgehead atoms. The molecule has 0 aromatic carbocycles. The van der Waals surface area contributed by atoms with E-state index >= 15 is 0 Å². The second-order valence-electron chi connectivity index (χ2n) is 5.80. The van der Waals surface area contributed by atoms with Gasteiger partial charge in [0.2, 0.25) is 5.28 Å². The summed E-state index contributed by atoms with van der Waals surface area (Å²) >= 11 is 11.7. The van der Waals surface area contributed by atoms with Crippen molar-refractivity contribution in [1.82, 2.24) is 14.9 Å². The number of hydrogen-bond donors (Lipinski definition) is 0. The predicted octanol–water partition coefficient (Wildman–Crippen LogP) is 3.51. The van der Waals surface area contributed by atoms with Crippen LogP contribution in [0.5, 0.6) is 0 Å². The van der Waals surface area contributed by atoms with Crippen LogP contribution in [0.1, 0.15) is 38.8 Å². The van der Waals surface area contributed by atoms with Gasteiger partial charge >= 0.3 is 6.09 Å². The van der Waals surface area contributed by atoms with E-state index in [4.69, 9.17) is 27.9 Å². The van der Waals surface area contributed by atoms with Crippen LogP contribution in [0.25, 0.3) is 0 Å². The molecular weight excluding hydrogens is 301 g/mol. The quantitative estimate of drug-likeness (QED) is 0.587. The number of nitrogens with zero attached hydrogens (tertiary/aromatic N) is 3. The highest BCUT2D eigenvalue weighted by atomic mass is 35.5. The fourth-order valence-corrected chi connectivity index (χ4v) is 2.53. The van der Waals surface area contributed by atoms with E-state index in [0.717, 1.165) is 12.1 Å². The molecule has 110 valence electrons. The maximum Gasteiger partial charge on any atom is 0.410 e. The summed E-state index contributed by atoms with van der Waals surface area (Å²) in [6, 6.07) is 1.69. The molecule has 20 heavy (non-hydrogen) atoms. The molecule has 0 radical (unpaired) electrons. The molecule has 1 amide bonds. The highest BCUT2D eigenvalue weighted by molar-refractivity contribution is 6.31. The number of hydrogen-bond acceptors (Lipinski definition) is 4. The fraction of sp³-hybridized carbons (Fsp3) is 0.615. The molecule has 5 nitrogen and oxygen atoms in total. The lowest BCUT2D eigenvalue weighted by Crippen LogP contribution is -2.35. The third-order valence-corrected chi connectivity index (χ3v) is 3.31. The molecule has 2 heterocycles. The van der Waals surface area contributed by atoms with Crippen molar-refractivity contribution >= 4 is 29.3 Å². The Kier molecular flexibility index (Phi) is 4.39. The minimum absolute atomic E-state index is 0.112. The van der Waals surface area contributed by atoms with E-state index in [0.29, 0.717) is 18.2 Å². The number of ether oxygens (including phenoxy) is 1. The number of rotatable bonds is 1. The molecule has 0 spiro atoms. The van der Waals surface area contributed by atoms with Crippen LogP contribution in [0.4, 0.5) is 4.79 Å². The summed E-state index contributed by atoms with van der Waals surface area (Å²) in [5, 5.41) is 0.443. The van der Waals surface area contributed by atoms with Gasteiger partial charge in [0.1, 0.15) is 10.8 Å². The summed E-state index contributed by atoms with van der Waals surface area (Å²) in [4.78, 5) is 21.7. The average molecular weight is 318 g/mol. The van der Waals surface area contributed by atoms with Gasteiger partial charge in [-0.25, -0.2) is 14.8 Å². The lowest BCUT2D eigenvalue weighted by molar-refractivity contribution is 0.0292. The number of halogens is 2. The molecular formula is C13H17Cl2N3O2. The van der Waals surface area contributed by atoms with Gasteiger partial charge < -0.3 is 9.64 Å². The Balaban J connectivity index is 2.03. The summed E-state index contributed by atoms with van der Waals surface area (Å²) in [6.45, 7) is 6.74. The summed E-state index contributed by atoms with van der Waals surface area (Å²) in [5.41, 5.74) is 0.275. The van der Waals surface area contributed by atoms with Gasteiger partial charge in [-0.1, -0.05) is 11.6 Å². The fourth-order valence-electron chi connectivity index (χ4n) is 2.11. The second-order valence-corrected chi connectivity index (χ2v) is 6.52. The largest absolute Gasteiger partial charge is 0.444 e. The lowest BCUT2D eigenvalue weighted by Gasteiger charge is -2.24. The lowest BCUT2D eigenvalue weighted by atomic mass is 10.1. The first-order chi connectivity index (χ1) is 9.24. The molecule has 2 rings (SSSR count). The van der Waals surface area contributed by atoms with Gasteiger partial charge in [-0.05, 0) is 44.9 Å². The van der Waals surface area contributed by atoms with Gasteiger partial charge in [-0.15, -0.1) is 0 Å². The van der Waals surface area contributed by atoms with Crippen molar-refractivity contribution < 1.29 is 9.53 Å². The van der Waals surface area contributed by atoms with Gasteiger partial charge in [0.15, 0.2) is 0 Å². The zero-order valence-electron chi connectivity index (χ0n) is 11.7. The molecule has 1 saturated heterocycles. The smallest absolute Gasteiger partial charge is 0.410 e. The van der Waals surface area contributed by atoms with Crippen molar-refractivity contribution in [2.45, 2.75) is 38.7 Å². The Labute approximate surface area is 128 Å². The van der Waals surface area contributed by atoms with Crippen LogP contribution in [-0.4, -0.2) is 39.7 Å². The Morgan fingerprint density at radius 3 is 2.70 bits per heavy atom. The molecule has 1 aliphatic rings. The first kappa shape index (κ1) is 15.3. The van der Waals surface area contributed by atoms with E-state index < -0.39 is 5.60 Å². The van der Waals surface area contributed by atoms with Crippen LogP contribution in [0, 0.1) is 0 Å². The van der Waals surface area contributed by atoms with Crippen molar-refractivity contribution in [3.05, 3.63) is 22.2 Å². The number of aromatic nitrogens is 2. The van der Waals surface area contributed by atoms with E-state index in [1.54, 1.807) is 11.0 Å². The zero-order valence-corrected chi connectivity index (χ0v) is 13.2. The maximum absolute atomic E-state index is 12.0. The Hall–Kier alpha value is -1.07. The molecule has 0 unspecified atom stereocenters. The highest BCUT2D eigenvalue weighted by Crippen LogP contribution is 2.28. The van der Waals surface area contributed by atoms with Crippen LogP contribution in [-0.2, 0) is 4.74 Å².